The molecule has 0 atom stereocenters. The van der Waals surface area contributed by atoms with E-state index in [9.17, 15) is 25.0 Å². The average molecular weight is 331 g/mol. The quantitative estimate of drug-likeness (QED) is 0.574. The van der Waals surface area contributed by atoms with Crippen LogP contribution >= 0.6 is 0 Å². The Labute approximate surface area is 133 Å². The van der Waals surface area contributed by atoms with Crippen molar-refractivity contribution in [2.45, 2.75) is 6.92 Å². The van der Waals surface area contributed by atoms with Crippen LogP contribution in [0.25, 0.3) is 0 Å². The van der Waals surface area contributed by atoms with Crippen LogP contribution in [0.3, 0.4) is 0 Å². The van der Waals surface area contributed by atoms with Crippen LogP contribution < -0.4 is 14.8 Å². The first kappa shape index (κ1) is 15.2. The first-order valence-electron chi connectivity index (χ1n) is 6.59. The molecule has 1 N–H and O–H groups in total. The zero-order chi connectivity index (χ0) is 17.4. The number of non-ortho nitro benzene ring substituents is 1. The third-order valence-electron chi connectivity index (χ3n) is 3.15. The summed E-state index contributed by atoms with van der Waals surface area (Å²) in [5.41, 5.74) is -0.633. The van der Waals surface area contributed by atoms with E-state index in [1.165, 1.54) is 25.1 Å². The van der Waals surface area contributed by atoms with Crippen LogP contribution in [0.2, 0.25) is 0 Å². The van der Waals surface area contributed by atoms with Crippen molar-refractivity contribution in [1.29, 1.82) is 0 Å². The minimum atomic E-state index is -0.683. The summed E-state index contributed by atoms with van der Waals surface area (Å²) in [6, 6.07) is 6.11. The molecule has 0 saturated heterocycles. The maximum Gasteiger partial charge on any atom is 0.296 e. The molecule has 122 valence electrons. The fourth-order valence-electron chi connectivity index (χ4n) is 2.16. The number of carbonyl (C=O) groups excluding carboxylic acids is 1. The molecule has 10 nitrogen and oxygen atoms in total. The third-order valence-corrected chi connectivity index (χ3v) is 3.15. The topological polar surface area (TPSA) is 134 Å². The molecule has 0 bridgehead atoms. The van der Waals surface area contributed by atoms with Gasteiger partial charge < -0.3 is 14.8 Å². The second kappa shape index (κ2) is 5.50. The van der Waals surface area contributed by atoms with E-state index in [4.69, 9.17) is 9.47 Å². The predicted molar refractivity (Wildman–Crippen MR) is 80.6 cm³/mol. The van der Waals surface area contributed by atoms with Gasteiger partial charge in [-0.25, -0.2) is 0 Å². The van der Waals surface area contributed by atoms with Gasteiger partial charge in [-0.1, -0.05) is 0 Å². The number of hydrogen-bond donors (Lipinski definition) is 1. The van der Waals surface area contributed by atoms with Crippen LogP contribution in [0.4, 0.5) is 17.1 Å². The number of benzene rings is 2. The molecule has 0 fully saturated rings. The van der Waals surface area contributed by atoms with Crippen molar-refractivity contribution < 1.29 is 24.1 Å². The molecule has 0 aromatic heterocycles. The molecule has 0 aliphatic carbocycles. The van der Waals surface area contributed by atoms with Crippen molar-refractivity contribution in [3.8, 4) is 23.0 Å². The van der Waals surface area contributed by atoms with Crippen LogP contribution in [-0.2, 0) is 4.79 Å². The molecule has 0 spiro atoms. The Balaban J connectivity index is 2.06. The molecule has 0 saturated carbocycles. The summed E-state index contributed by atoms with van der Waals surface area (Å²) in [7, 11) is 0. The van der Waals surface area contributed by atoms with Crippen LogP contribution in [0.1, 0.15) is 6.92 Å². The van der Waals surface area contributed by atoms with Gasteiger partial charge in [0.25, 0.3) is 11.4 Å². The molecule has 1 heterocycles. The Hall–Kier alpha value is -3.69. The molecule has 3 rings (SSSR count). The van der Waals surface area contributed by atoms with E-state index in [-0.39, 0.29) is 40.1 Å². The average Bonchev–Trinajstić information content (AvgIpc) is 2.50. The van der Waals surface area contributed by atoms with Crippen LogP contribution in [0.5, 0.6) is 23.0 Å². The molecule has 1 aliphatic rings. The van der Waals surface area contributed by atoms with E-state index in [0.29, 0.717) is 0 Å². The Bertz CT molecular complexity index is 894. The molecule has 0 unspecified atom stereocenters. The van der Waals surface area contributed by atoms with Gasteiger partial charge in [-0.3, -0.25) is 25.0 Å². The Morgan fingerprint density at radius 3 is 2.21 bits per heavy atom. The second-order valence-electron chi connectivity index (χ2n) is 4.85. The maximum atomic E-state index is 11.2. The number of fused-ring (bicyclic) bond motifs is 2. The summed E-state index contributed by atoms with van der Waals surface area (Å²) >= 11 is 0. The molecule has 10 heteroatoms. The Kier molecular flexibility index (Phi) is 3.49. The van der Waals surface area contributed by atoms with Crippen molar-refractivity contribution in [2.24, 2.45) is 0 Å². The monoisotopic (exact) mass is 331 g/mol. The van der Waals surface area contributed by atoms with Gasteiger partial charge in [0.05, 0.1) is 22.0 Å². The summed E-state index contributed by atoms with van der Waals surface area (Å²) in [6.07, 6.45) is 0. The largest absolute Gasteiger partial charge is 0.449 e. The highest BCUT2D eigenvalue weighted by Gasteiger charge is 2.27. The van der Waals surface area contributed by atoms with Gasteiger partial charge in [-0.15, -0.1) is 0 Å². The SMILES string of the molecule is CC(=O)Nc1cc2c(cc1[N+](=O)[O-])Oc1cc([N+](=O)[O-])ccc1O2. The van der Waals surface area contributed by atoms with E-state index >= 15 is 0 Å². The van der Waals surface area contributed by atoms with Crippen molar-refractivity contribution in [1.82, 2.24) is 0 Å². The molecule has 2 aromatic carbocycles. The number of rotatable bonds is 3. The van der Waals surface area contributed by atoms with Crippen molar-refractivity contribution in [3.05, 3.63) is 50.6 Å². The van der Waals surface area contributed by atoms with Crippen LogP contribution in [-0.4, -0.2) is 15.8 Å². The lowest BCUT2D eigenvalue weighted by Gasteiger charge is -2.20. The molecule has 24 heavy (non-hydrogen) atoms. The van der Waals surface area contributed by atoms with E-state index < -0.39 is 15.8 Å². The molecule has 1 aliphatic heterocycles. The highest BCUT2D eigenvalue weighted by molar-refractivity contribution is 5.92. The van der Waals surface area contributed by atoms with Crippen molar-refractivity contribution >= 4 is 23.0 Å². The van der Waals surface area contributed by atoms with Crippen LogP contribution in [0.15, 0.2) is 30.3 Å². The van der Waals surface area contributed by atoms with Gasteiger partial charge in [0.1, 0.15) is 5.69 Å². The van der Waals surface area contributed by atoms with E-state index in [0.717, 1.165) is 12.1 Å². The van der Waals surface area contributed by atoms with Gasteiger partial charge >= 0.3 is 0 Å². The standard InChI is InChI=1S/C14H9N3O7/c1-7(18)15-9-5-13-14(6-10(9)17(21)22)24-12-4-8(16(19)20)2-3-11(12)23-13/h2-6H,1H3,(H,15,18). The van der Waals surface area contributed by atoms with Gasteiger partial charge in [-0.05, 0) is 6.07 Å². The second-order valence-corrected chi connectivity index (χ2v) is 4.85. The number of nitrogens with one attached hydrogen (secondary N) is 1. The number of anilines is 1. The summed E-state index contributed by atoms with van der Waals surface area (Å²) in [5, 5.41) is 24.3. The Morgan fingerprint density at radius 2 is 1.58 bits per heavy atom. The lowest BCUT2D eigenvalue weighted by Crippen LogP contribution is -2.09. The number of nitro benzene ring substituents is 2. The van der Waals surface area contributed by atoms with Gasteiger partial charge in [-0.2, -0.15) is 0 Å². The number of hydrogen-bond acceptors (Lipinski definition) is 7. The minimum absolute atomic E-state index is 0.0174. The lowest BCUT2D eigenvalue weighted by molar-refractivity contribution is -0.384. The summed E-state index contributed by atoms with van der Waals surface area (Å²) in [6.45, 7) is 1.22. The van der Waals surface area contributed by atoms with E-state index in [1.54, 1.807) is 0 Å². The first-order valence-corrected chi connectivity index (χ1v) is 6.59. The fourth-order valence-corrected chi connectivity index (χ4v) is 2.16. The normalized spacial score (nSPS) is 11.4. The lowest BCUT2D eigenvalue weighted by atomic mass is 10.2. The molecule has 2 aromatic rings. The zero-order valence-electron chi connectivity index (χ0n) is 12.1. The highest BCUT2D eigenvalue weighted by Crippen LogP contribution is 2.49. The molecule has 1 amide bonds. The zero-order valence-corrected chi connectivity index (χ0v) is 12.1. The number of amides is 1. The predicted octanol–water partition coefficient (Wildman–Crippen LogP) is 3.36. The number of nitrogens with zero attached hydrogens (tertiary/aromatic N) is 2. The number of nitro groups is 2. The van der Waals surface area contributed by atoms with Crippen molar-refractivity contribution in [2.75, 3.05) is 5.32 Å². The molecule has 0 radical (unpaired) electrons. The summed E-state index contributed by atoms with van der Waals surface area (Å²) in [4.78, 5) is 31.9. The van der Waals surface area contributed by atoms with E-state index in [1.807, 2.05) is 0 Å². The third kappa shape index (κ3) is 2.67. The maximum absolute atomic E-state index is 11.2. The van der Waals surface area contributed by atoms with Gasteiger partial charge in [0, 0.05) is 19.1 Å². The van der Waals surface area contributed by atoms with Gasteiger partial charge in [0.2, 0.25) is 5.91 Å². The molecular formula is C14H9N3O7. The summed E-state index contributed by atoms with van der Waals surface area (Å²) < 4.78 is 11.0. The molecular weight excluding hydrogens is 322 g/mol. The minimum Gasteiger partial charge on any atom is -0.449 e. The number of ether oxygens (including phenoxy) is 2. The van der Waals surface area contributed by atoms with Gasteiger partial charge in [0.15, 0.2) is 23.0 Å². The van der Waals surface area contributed by atoms with E-state index in [2.05, 4.69) is 5.32 Å². The first-order chi connectivity index (χ1) is 11.3. The van der Waals surface area contributed by atoms with Crippen molar-refractivity contribution in [3.63, 3.8) is 0 Å². The highest BCUT2D eigenvalue weighted by atomic mass is 16.6. The fraction of sp³-hybridized carbons (Fsp3) is 0.0714. The number of carbonyl (C=O) groups is 1. The smallest absolute Gasteiger partial charge is 0.296 e. The van der Waals surface area contributed by atoms with Crippen LogP contribution in [0, 0.1) is 20.2 Å². The summed E-state index contributed by atoms with van der Waals surface area (Å²) in [5.74, 6) is -0.0330. The Morgan fingerprint density at radius 1 is 0.958 bits per heavy atom.